The monoisotopic (exact) mass is 371 g/mol. The van der Waals surface area contributed by atoms with E-state index in [-0.39, 0.29) is 30.4 Å². The van der Waals surface area contributed by atoms with E-state index in [2.05, 4.69) is 16.0 Å². The molecule has 0 spiro atoms. The van der Waals surface area contributed by atoms with Crippen molar-refractivity contribution in [1.29, 1.82) is 0 Å². The van der Waals surface area contributed by atoms with Gasteiger partial charge in [-0.3, -0.25) is 9.59 Å². The highest BCUT2D eigenvalue weighted by Gasteiger charge is 2.25. The van der Waals surface area contributed by atoms with E-state index in [0.717, 1.165) is 18.4 Å². The summed E-state index contributed by atoms with van der Waals surface area (Å²) in [6.07, 6.45) is 2.04. The standard InChI is InChI=1S/C20H22ClN3O2/c1-13(14-5-4-6-15(21)11-14)22-12-19(25)24-18-8-3-2-7-17(18)20(26)23-16-9-10-16/h2-8,11,13,16,22H,9-10,12H2,1H3,(H,23,26)(H,24,25)/t13-/m0/s1. The van der Waals surface area contributed by atoms with Gasteiger partial charge in [-0.2, -0.15) is 0 Å². The van der Waals surface area contributed by atoms with Crippen LogP contribution >= 0.6 is 11.6 Å². The van der Waals surface area contributed by atoms with E-state index >= 15 is 0 Å². The Morgan fingerprint density at radius 3 is 2.65 bits per heavy atom. The largest absolute Gasteiger partial charge is 0.349 e. The topological polar surface area (TPSA) is 70.2 Å². The van der Waals surface area contributed by atoms with Crippen LogP contribution in [-0.2, 0) is 4.79 Å². The summed E-state index contributed by atoms with van der Waals surface area (Å²) >= 11 is 6.00. The van der Waals surface area contributed by atoms with Gasteiger partial charge < -0.3 is 16.0 Å². The molecule has 0 saturated heterocycles. The predicted octanol–water partition coefficient (Wildman–Crippen LogP) is 3.52. The molecule has 0 aromatic heterocycles. The first-order valence-corrected chi connectivity index (χ1v) is 9.09. The van der Waals surface area contributed by atoms with E-state index in [1.807, 2.05) is 31.2 Å². The molecule has 1 aliphatic carbocycles. The summed E-state index contributed by atoms with van der Waals surface area (Å²) in [4.78, 5) is 24.6. The molecule has 3 N–H and O–H groups in total. The van der Waals surface area contributed by atoms with Gasteiger partial charge in [0, 0.05) is 17.1 Å². The second-order valence-corrected chi connectivity index (χ2v) is 6.94. The number of nitrogens with one attached hydrogen (secondary N) is 3. The number of halogens is 1. The van der Waals surface area contributed by atoms with E-state index in [0.29, 0.717) is 16.3 Å². The molecule has 0 aliphatic heterocycles. The zero-order valence-corrected chi connectivity index (χ0v) is 15.3. The van der Waals surface area contributed by atoms with E-state index in [4.69, 9.17) is 11.6 Å². The van der Waals surface area contributed by atoms with Gasteiger partial charge in [-0.05, 0) is 49.6 Å². The van der Waals surface area contributed by atoms with Crippen LogP contribution in [0.5, 0.6) is 0 Å². The van der Waals surface area contributed by atoms with Crippen LogP contribution in [0.3, 0.4) is 0 Å². The second-order valence-electron chi connectivity index (χ2n) is 6.50. The summed E-state index contributed by atoms with van der Waals surface area (Å²) in [5, 5.41) is 9.59. The zero-order valence-electron chi connectivity index (χ0n) is 14.6. The van der Waals surface area contributed by atoms with Crippen LogP contribution in [-0.4, -0.2) is 24.4 Å². The quantitative estimate of drug-likeness (QED) is 0.697. The maximum absolute atomic E-state index is 12.3. The summed E-state index contributed by atoms with van der Waals surface area (Å²) in [6, 6.07) is 14.8. The van der Waals surface area contributed by atoms with Gasteiger partial charge in [-0.25, -0.2) is 0 Å². The van der Waals surface area contributed by atoms with Crippen LogP contribution in [0.4, 0.5) is 5.69 Å². The number of rotatable bonds is 7. The molecule has 26 heavy (non-hydrogen) atoms. The Morgan fingerprint density at radius 1 is 1.15 bits per heavy atom. The molecular weight excluding hydrogens is 350 g/mol. The number of carbonyl (C=O) groups is 2. The van der Waals surface area contributed by atoms with Crippen molar-refractivity contribution in [1.82, 2.24) is 10.6 Å². The molecule has 5 nitrogen and oxygen atoms in total. The van der Waals surface area contributed by atoms with E-state index in [1.165, 1.54) is 0 Å². The molecule has 2 aromatic rings. The van der Waals surface area contributed by atoms with E-state index in [1.54, 1.807) is 24.3 Å². The number of amides is 2. The van der Waals surface area contributed by atoms with Crippen LogP contribution in [0.25, 0.3) is 0 Å². The molecule has 0 bridgehead atoms. The number of anilines is 1. The second kappa shape index (κ2) is 8.34. The van der Waals surface area contributed by atoms with Crippen LogP contribution in [0.15, 0.2) is 48.5 Å². The fourth-order valence-electron chi connectivity index (χ4n) is 2.61. The first-order valence-electron chi connectivity index (χ1n) is 8.71. The maximum atomic E-state index is 12.3. The summed E-state index contributed by atoms with van der Waals surface area (Å²) in [5.74, 6) is -0.353. The molecule has 2 amide bonds. The Bertz CT molecular complexity index is 805. The van der Waals surface area contributed by atoms with Gasteiger partial charge in [-0.15, -0.1) is 0 Å². The summed E-state index contributed by atoms with van der Waals surface area (Å²) in [7, 11) is 0. The van der Waals surface area contributed by atoms with Gasteiger partial charge in [0.15, 0.2) is 0 Å². The molecule has 136 valence electrons. The van der Waals surface area contributed by atoms with Gasteiger partial charge >= 0.3 is 0 Å². The van der Waals surface area contributed by atoms with Crippen molar-refractivity contribution in [3.8, 4) is 0 Å². The number of benzene rings is 2. The summed E-state index contributed by atoms with van der Waals surface area (Å²) < 4.78 is 0. The van der Waals surface area contributed by atoms with Gasteiger partial charge in [0.2, 0.25) is 5.91 Å². The average molecular weight is 372 g/mol. The first kappa shape index (κ1) is 18.4. The molecule has 1 atom stereocenters. The Hall–Kier alpha value is -2.37. The molecule has 1 aliphatic rings. The third-order valence-electron chi connectivity index (χ3n) is 4.28. The van der Waals surface area contributed by atoms with Gasteiger partial charge in [-0.1, -0.05) is 35.9 Å². The van der Waals surface area contributed by atoms with Gasteiger partial charge in [0.05, 0.1) is 17.8 Å². The van der Waals surface area contributed by atoms with E-state index < -0.39 is 0 Å². The lowest BCUT2D eigenvalue weighted by molar-refractivity contribution is -0.115. The van der Waals surface area contributed by atoms with Gasteiger partial charge in [0.1, 0.15) is 0 Å². The minimum atomic E-state index is -0.203. The van der Waals surface area contributed by atoms with Crippen LogP contribution in [0.2, 0.25) is 5.02 Å². The van der Waals surface area contributed by atoms with Crippen LogP contribution in [0, 0.1) is 0 Å². The normalized spacial score (nSPS) is 14.5. The lowest BCUT2D eigenvalue weighted by Crippen LogP contribution is -2.31. The minimum absolute atomic E-state index is 0.0205. The summed E-state index contributed by atoms with van der Waals surface area (Å²) in [6.45, 7) is 2.10. The van der Waals surface area contributed by atoms with Crippen LogP contribution in [0.1, 0.15) is 41.7 Å². The first-order chi connectivity index (χ1) is 12.5. The minimum Gasteiger partial charge on any atom is -0.349 e. The Labute approximate surface area is 158 Å². The molecule has 2 aromatic carbocycles. The van der Waals surface area contributed by atoms with Crippen molar-refractivity contribution in [2.75, 3.05) is 11.9 Å². The molecular formula is C20H22ClN3O2. The highest BCUT2D eigenvalue weighted by atomic mass is 35.5. The number of hydrogen-bond donors (Lipinski definition) is 3. The van der Waals surface area contributed by atoms with E-state index in [9.17, 15) is 9.59 Å². The highest BCUT2D eigenvalue weighted by molar-refractivity contribution is 6.30. The maximum Gasteiger partial charge on any atom is 0.253 e. The molecule has 1 saturated carbocycles. The third-order valence-corrected chi connectivity index (χ3v) is 4.51. The van der Waals surface area contributed by atoms with Crippen LogP contribution < -0.4 is 16.0 Å². The van der Waals surface area contributed by atoms with Crippen molar-refractivity contribution in [3.05, 3.63) is 64.7 Å². The summed E-state index contributed by atoms with van der Waals surface area (Å²) in [5.41, 5.74) is 2.01. The van der Waals surface area contributed by atoms with Crippen molar-refractivity contribution in [2.24, 2.45) is 0 Å². The highest BCUT2D eigenvalue weighted by Crippen LogP contribution is 2.21. The SMILES string of the molecule is C[C@H](NCC(=O)Nc1ccccc1C(=O)NC1CC1)c1cccc(Cl)c1. The Balaban J connectivity index is 1.57. The fourth-order valence-corrected chi connectivity index (χ4v) is 2.81. The molecule has 0 heterocycles. The zero-order chi connectivity index (χ0) is 18.5. The lowest BCUT2D eigenvalue weighted by Gasteiger charge is -2.15. The van der Waals surface area contributed by atoms with Gasteiger partial charge in [0.25, 0.3) is 5.91 Å². The van der Waals surface area contributed by atoms with Crippen molar-refractivity contribution in [2.45, 2.75) is 31.8 Å². The lowest BCUT2D eigenvalue weighted by atomic mass is 10.1. The molecule has 0 radical (unpaired) electrons. The predicted molar refractivity (Wildman–Crippen MR) is 103 cm³/mol. The Kier molecular flexibility index (Phi) is 5.91. The van der Waals surface area contributed by atoms with Crippen molar-refractivity contribution >= 4 is 29.1 Å². The number of carbonyl (C=O) groups excluding carboxylic acids is 2. The number of para-hydroxylation sites is 1. The third kappa shape index (κ3) is 5.07. The average Bonchev–Trinajstić information content (AvgIpc) is 3.44. The Morgan fingerprint density at radius 2 is 1.92 bits per heavy atom. The smallest absolute Gasteiger partial charge is 0.253 e. The van der Waals surface area contributed by atoms with Crippen molar-refractivity contribution < 1.29 is 9.59 Å². The molecule has 0 unspecified atom stereocenters. The molecule has 3 rings (SSSR count). The number of hydrogen-bond acceptors (Lipinski definition) is 3. The molecule has 1 fully saturated rings. The fraction of sp³-hybridized carbons (Fsp3) is 0.300. The van der Waals surface area contributed by atoms with Crippen molar-refractivity contribution in [3.63, 3.8) is 0 Å². The molecule has 6 heteroatoms.